The molecule has 0 aliphatic rings. The van der Waals surface area contributed by atoms with E-state index in [0.717, 1.165) is 10.6 Å². The van der Waals surface area contributed by atoms with Gasteiger partial charge in [0.2, 0.25) is 0 Å². The van der Waals surface area contributed by atoms with Gasteiger partial charge in [-0.05, 0) is 18.6 Å². The second-order valence-electron chi connectivity index (χ2n) is 3.82. The van der Waals surface area contributed by atoms with Crippen LogP contribution in [0.15, 0.2) is 29.2 Å². The van der Waals surface area contributed by atoms with Gasteiger partial charge < -0.3 is 5.32 Å². The third kappa shape index (κ3) is 4.14. The third-order valence-corrected chi connectivity index (χ3v) is 4.00. The fraction of sp³-hybridized carbons (Fsp3) is 0.462. The molecule has 0 amide bonds. The maximum atomic E-state index is 5.18. The number of benzene rings is 1. The van der Waals surface area contributed by atoms with E-state index in [1.807, 2.05) is 18.8 Å². The minimum atomic E-state index is 0.687. The van der Waals surface area contributed by atoms with Crippen LogP contribution in [0.25, 0.3) is 0 Å². The van der Waals surface area contributed by atoms with Crippen molar-refractivity contribution in [1.82, 2.24) is 5.32 Å². The van der Waals surface area contributed by atoms with Gasteiger partial charge in [0.15, 0.2) is 0 Å². The predicted octanol–water partition coefficient (Wildman–Crippen LogP) is 3.86. The molecule has 3 heteroatoms. The minimum Gasteiger partial charge on any atom is -0.379 e. The molecule has 1 N–H and O–H groups in total. The average Bonchev–Trinajstić information content (AvgIpc) is 2.29. The Morgan fingerprint density at radius 3 is 2.50 bits per heavy atom. The third-order valence-electron chi connectivity index (χ3n) is 2.38. The van der Waals surface area contributed by atoms with Crippen molar-refractivity contribution in [3.63, 3.8) is 0 Å². The normalized spacial score (nSPS) is 12.2. The molecule has 0 saturated heterocycles. The fourth-order valence-electron chi connectivity index (χ4n) is 1.53. The van der Waals surface area contributed by atoms with Crippen LogP contribution in [0.5, 0.6) is 0 Å². The number of hydrogen-bond acceptors (Lipinski definition) is 2. The lowest BCUT2D eigenvalue weighted by Crippen LogP contribution is -2.16. The van der Waals surface area contributed by atoms with E-state index in [1.165, 1.54) is 17.7 Å². The number of thiocarbonyl (C=S) groups is 1. The summed E-state index contributed by atoms with van der Waals surface area (Å²) in [5.74, 6) is 0. The highest BCUT2D eigenvalue weighted by atomic mass is 32.2. The van der Waals surface area contributed by atoms with E-state index in [4.69, 9.17) is 12.2 Å². The van der Waals surface area contributed by atoms with Crippen LogP contribution in [0.2, 0.25) is 0 Å². The summed E-state index contributed by atoms with van der Waals surface area (Å²) >= 11 is 7.11. The Balaban J connectivity index is 2.61. The lowest BCUT2D eigenvalue weighted by atomic mass is 10.2. The van der Waals surface area contributed by atoms with Crippen LogP contribution in [-0.2, 0) is 0 Å². The Hall–Kier alpha value is -0.540. The first-order valence-electron chi connectivity index (χ1n) is 5.66. The second kappa shape index (κ2) is 6.92. The van der Waals surface area contributed by atoms with Gasteiger partial charge >= 0.3 is 0 Å². The molecule has 0 heterocycles. The topological polar surface area (TPSA) is 12.0 Å². The van der Waals surface area contributed by atoms with Crippen LogP contribution < -0.4 is 5.32 Å². The van der Waals surface area contributed by atoms with Crippen molar-refractivity contribution < 1.29 is 0 Å². The molecule has 1 unspecified atom stereocenters. The zero-order valence-corrected chi connectivity index (χ0v) is 11.8. The fourth-order valence-corrected chi connectivity index (χ4v) is 2.77. The lowest BCUT2D eigenvalue weighted by molar-refractivity contribution is 0.787. The average molecular weight is 253 g/mol. The summed E-state index contributed by atoms with van der Waals surface area (Å²) in [5, 5.41) is 3.67. The van der Waals surface area contributed by atoms with Gasteiger partial charge in [0.25, 0.3) is 0 Å². The lowest BCUT2D eigenvalue weighted by Gasteiger charge is -2.10. The molecule has 1 aromatic carbocycles. The summed E-state index contributed by atoms with van der Waals surface area (Å²) in [7, 11) is 1.86. The number of thioether (sulfide) groups is 1. The largest absolute Gasteiger partial charge is 0.379 e. The minimum absolute atomic E-state index is 0.687. The molecule has 0 spiro atoms. The molecular weight excluding hydrogens is 234 g/mol. The highest BCUT2D eigenvalue weighted by Crippen LogP contribution is 2.26. The van der Waals surface area contributed by atoms with Crippen LogP contribution in [0.4, 0.5) is 0 Å². The number of hydrogen-bond donors (Lipinski definition) is 1. The van der Waals surface area contributed by atoms with Crippen LogP contribution in [0.3, 0.4) is 0 Å². The summed E-state index contributed by atoms with van der Waals surface area (Å²) in [6.45, 7) is 4.51. The van der Waals surface area contributed by atoms with Crippen LogP contribution in [0, 0.1) is 0 Å². The molecule has 1 rings (SSSR count). The molecule has 0 aromatic heterocycles. The molecule has 0 radical (unpaired) electrons. The molecular formula is C13H19NS2. The summed E-state index contributed by atoms with van der Waals surface area (Å²) in [5.41, 5.74) is 1.09. The Kier molecular flexibility index (Phi) is 5.85. The number of nitrogens with one attached hydrogen (secondary N) is 1. The molecule has 0 bridgehead atoms. The van der Waals surface area contributed by atoms with Crippen molar-refractivity contribution in [2.45, 2.75) is 36.8 Å². The molecule has 0 aliphatic heterocycles. The summed E-state index contributed by atoms with van der Waals surface area (Å²) in [6, 6.07) is 8.46. The van der Waals surface area contributed by atoms with Gasteiger partial charge in [-0.1, -0.05) is 44.6 Å². The molecule has 0 fully saturated rings. The Morgan fingerprint density at radius 1 is 1.38 bits per heavy atom. The Morgan fingerprint density at radius 2 is 2.00 bits per heavy atom. The highest BCUT2D eigenvalue weighted by Gasteiger charge is 2.04. The van der Waals surface area contributed by atoms with Gasteiger partial charge in [-0.25, -0.2) is 0 Å². The van der Waals surface area contributed by atoms with Crippen molar-refractivity contribution in [2.24, 2.45) is 0 Å². The van der Waals surface area contributed by atoms with E-state index in [2.05, 4.69) is 43.4 Å². The van der Waals surface area contributed by atoms with Gasteiger partial charge in [0.05, 0.1) is 0 Å². The van der Waals surface area contributed by atoms with E-state index < -0.39 is 0 Å². The van der Waals surface area contributed by atoms with Crippen LogP contribution >= 0.6 is 24.0 Å². The van der Waals surface area contributed by atoms with Crippen molar-refractivity contribution >= 4 is 29.0 Å². The van der Waals surface area contributed by atoms with Gasteiger partial charge in [-0.2, -0.15) is 0 Å². The van der Waals surface area contributed by atoms with E-state index >= 15 is 0 Å². The zero-order valence-electron chi connectivity index (χ0n) is 10.1. The summed E-state index contributed by atoms with van der Waals surface area (Å²) in [4.78, 5) is 2.13. The first-order chi connectivity index (χ1) is 7.67. The first kappa shape index (κ1) is 13.5. The highest BCUT2D eigenvalue weighted by molar-refractivity contribution is 7.99. The quantitative estimate of drug-likeness (QED) is 0.632. The maximum absolute atomic E-state index is 5.18. The van der Waals surface area contributed by atoms with Gasteiger partial charge in [-0.3, -0.25) is 0 Å². The smallest absolute Gasteiger partial charge is 0.106 e. The van der Waals surface area contributed by atoms with Crippen molar-refractivity contribution in [3.8, 4) is 0 Å². The van der Waals surface area contributed by atoms with Crippen molar-refractivity contribution in [2.75, 3.05) is 7.05 Å². The van der Waals surface area contributed by atoms with Crippen LogP contribution in [0.1, 0.15) is 32.3 Å². The molecule has 1 atom stereocenters. The van der Waals surface area contributed by atoms with E-state index in [-0.39, 0.29) is 0 Å². The molecule has 0 aliphatic carbocycles. The maximum Gasteiger partial charge on any atom is 0.106 e. The van der Waals surface area contributed by atoms with E-state index in [9.17, 15) is 0 Å². The summed E-state index contributed by atoms with van der Waals surface area (Å²) < 4.78 is 0. The van der Waals surface area contributed by atoms with Crippen molar-refractivity contribution in [3.05, 3.63) is 29.8 Å². The van der Waals surface area contributed by atoms with Gasteiger partial charge in [0.1, 0.15) is 4.99 Å². The molecule has 88 valence electrons. The SMILES string of the molecule is CCCC(C)Sc1ccc(C(=S)NC)cc1. The molecule has 1 aromatic rings. The molecule has 0 saturated carbocycles. The number of rotatable bonds is 5. The Labute approximate surface area is 108 Å². The Bertz CT molecular complexity index is 332. The van der Waals surface area contributed by atoms with E-state index in [1.54, 1.807) is 0 Å². The second-order valence-corrected chi connectivity index (χ2v) is 5.74. The molecule has 1 nitrogen and oxygen atoms in total. The standard InChI is InChI=1S/C13H19NS2/c1-4-5-10(2)16-12-8-6-11(7-9-12)13(15)14-3/h6-10H,4-5H2,1-3H3,(H,14,15). The van der Waals surface area contributed by atoms with Gasteiger partial charge in [-0.15, -0.1) is 11.8 Å². The monoisotopic (exact) mass is 253 g/mol. The van der Waals surface area contributed by atoms with Crippen molar-refractivity contribution in [1.29, 1.82) is 0 Å². The first-order valence-corrected chi connectivity index (χ1v) is 6.95. The summed E-state index contributed by atoms with van der Waals surface area (Å²) in [6.07, 6.45) is 2.51. The van der Waals surface area contributed by atoms with E-state index in [0.29, 0.717) is 5.25 Å². The molecule has 16 heavy (non-hydrogen) atoms. The van der Waals surface area contributed by atoms with Crippen LogP contribution in [-0.4, -0.2) is 17.3 Å². The predicted molar refractivity (Wildman–Crippen MR) is 77.4 cm³/mol. The van der Waals surface area contributed by atoms with Gasteiger partial charge in [0, 0.05) is 22.8 Å². The zero-order chi connectivity index (χ0) is 12.0.